The van der Waals surface area contributed by atoms with Gasteiger partial charge in [0.05, 0.1) is 15.9 Å². The van der Waals surface area contributed by atoms with Crippen LogP contribution in [0.4, 0.5) is 5.69 Å². The first-order valence-corrected chi connectivity index (χ1v) is 9.01. The average Bonchev–Trinajstić information content (AvgIpc) is 2.73. The van der Waals surface area contributed by atoms with Crippen LogP contribution in [-0.4, -0.2) is 17.6 Å². The number of anilines is 1. The Morgan fingerprint density at radius 3 is 2.12 bits per heavy atom. The van der Waals surface area contributed by atoms with Crippen molar-refractivity contribution in [2.24, 2.45) is 14.1 Å². The topological polar surface area (TPSA) is 73.1 Å². The number of nitrogens with one attached hydrogen (secondary N) is 1. The Balaban J connectivity index is 2.13. The fourth-order valence-corrected chi connectivity index (χ4v) is 4.08. The first kappa shape index (κ1) is 16.6. The average molecular weight is 366 g/mol. The van der Waals surface area contributed by atoms with Crippen molar-refractivity contribution in [3.63, 3.8) is 0 Å². The Hall–Kier alpha value is -2.25. The number of rotatable bonds is 3. The van der Waals surface area contributed by atoms with Crippen molar-refractivity contribution >= 4 is 38.3 Å². The fourth-order valence-electron chi connectivity index (χ4n) is 2.65. The van der Waals surface area contributed by atoms with Gasteiger partial charge >= 0.3 is 5.69 Å². The van der Waals surface area contributed by atoms with Gasteiger partial charge in [-0.05, 0) is 48.9 Å². The number of hydrogen-bond donors (Lipinski definition) is 1. The SMILES string of the molecule is Cc1cc2c(cc1S(=O)(=O)Nc1ccc(Cl)cc1)n(C)c(=O)n2C. The van der Waals surface area contributed by atoms with E-state index in [0.717, 1.165) is 0 Å². The minimum atomic E-state index is -3.79. The molecule has 24 heavy (non-hydrogen) atoms. The van der Waals surface area contributed by atoms with Gasteiger partial charge in [0.15, 0.2) is 0 Å². The molecule has 2 aromatic carbocycles. The molecule has 8 heteroatoms. The summed E-state index contributed by atoms with van der Waals surface area (Å²) < 4.78 is 30.9. The third-order valence-electron chi connectivity index (χ3n) is 3.95. The van der Waals surface area contributed by atoms with E-state index in [0.29, 0.717) is 27.3 Å². The normalized spacial score (nSPS) is 11.8. The zero-order valence-electron chi connectivity index (χ0n) is 13.4. The highest BCUT2D eigenvalue weighted by Gasteiger charge is 2.20. The van der Waals surface area contributed by atoms with Crippen molar-refractivity contribution in [3.8, 4) is 0 Å². The largest absolute Gasteiger partial charge is 0.328 e. The summed E-state index contributed by atoms with van der Waals surface area (Å²) in [5.41, 5.74) is 2.02. The van der Waals surface area contributed by atoms with Gasteiger partial charge in [-0.2, -0.15) is 0 Å². The van der Waals surface area contributed by atoms with E-state index in [9.17, 15) is 13.2 Å². The van der Waals surface area contributed by atoms with E-state index in [1.54, 1.807) is 51.4 Å². The van der Waals surface area contributed by atoms with Crippen LogP contribution in [0.3, 0.4) is 0 Å². The van der Waals surface area contributed by atoms with Crippen LogP contribution >= 0.6 is 11.6 Å². The molecule has 0 aliphatic carbocycles. The highest BCUT2D eigenvalue weighted by Crippen LogP contribution is 2.25. The molecule has 0 amide bonds. The molecule has 0 bridgehead atoms. The number of imidazole rings is 1. The lowest BCUT2D eigenvalue weighted by Crippen LogP contribution is -2.19. The van der Waals surface area contributed by atoms with Gasteiger partial charge in [-0.1, -0.05) is 11.6 Å². The molecule has 0 saturated heterocycles. The van der Waals surface area contributed by atoms with Gasteiger partial charge in [0, 0.05) is 24.8 Å². The summed E-state index contributed by atoms with van der Waals surface area (Å²) in [5, 5.41) is 0.523. The van der Waals surface area contributed by atoms with Crippen molar-refractivity contribution in [2.45, 2.75) is 11.8 Å². The minimum absolute atomic E-state index is 0.131. The molecule has 0 spiro atoms. The van der Waals surface area contributed by atoms with E-state index in [-0.39, 0.29) is 10.6 Å². The number of aryl methyl sites for hydroxylation is 3. The first-order valence-electron chi connectivity index (χ1n) is 7.15. The lowest BCUT2D eigenvalue weighted by atomic mass is 10.2. The van der Waals surface area contributed by atoms with Crippen LogP contribution in [0.5, 0.6) is 0 Å². The zero-order valence-corrected chi connectivity index (χ0v) is 14.9. The van der Waals surface area contributed by atoms with Crippen molar-refractivity contribution in [3.05, 3.63) is 57.5 Å². The molecule has 1 N–H and O–H groups in total. The lowest BCUT2D eigenvalue weighted by molar-refractivity contribution is 0.600. The predicted octanol–water partition coefficient (Wildman–Crippen LogP) is 2.64. The molecule has 0 unspecified atom stereocenters. The van der Waals surface area contributed by atoms with Crippen molar-refractivity contribution in [1.29, 1.82) is 0 Å². The second kappa shape index (κ2) is 5.68. The van der Waals surface area contributed by atoms with Crippen LogP contribution in [-0.2, 0) is 24.1 Å². The molecule has 0 saturated carbocycles. The number of halogens is 1. The van der Waals surface area contributed by atoms with Gasteiger partial charge in [-0.15, -0.1) is 0 Å². The molecule has 1 aromatic heterocycles. The van der Waals surface area contributed by atoms with E-state index in [4.69, 9.17) is 11.6 Å². The fraction of sp³-hybridized carbons (Fsp3) is 0.188. The predicted molar refractivity (Wildman–Crippen MR) is 95.2 cm³/mol. The van der Waals surface area contributed by atoms with Crippen LogP contribution in [0.1, 0.15) is 5.56 Å². The molecule has 1 heterocycles. The number of fused-ring (bicyclic) bond motifs is 1. The molecule has 6 nitrogen and oxygen atoms in total. The number of benzene rings is 2. The number of hydrogen-bond acceptors (Lipinski definition) is 3. The van der Waals surface area contributed by atoms with E-state index in [1.807, 2.05) is 0 Å². The van der Waals surface area contributed by atoms with Gasteiger partial charge in [0.25, 0.3) is 10.0 Å². The summed E-state index contributed by atoms with van der Waals surface area (Å²) in [6, 6.07) is 9.61. The Morgan fingerprint density at radius 2 is 1.54 bits per heavy atom. The Morgan fingerprint density at radius 1 is 1.00 bits per heavy atom. The number of aromatic nitrogens is 2. The zero-order chi connectivity index (χ0) is 17.6. The maximum absolute atomic E-state index is 12.7. The summed E-state index contributed by atoms with van der Waals surface area (Å²) in [6.07, 6.45) is 0. The smallest absolute Gasteiger partial charge is 0.295 e. The Bertz CT molecular complexity index is 1100. The summed E-state index contributed by atoms with van der Waals surface area (Å²) in [5.74, 6) is 0. The molecule has 3 aromatic rings. The summed E-state index contributed by atoms with van der Waals surface area (Å²) in [6.45, 7) is 1.70. The summed E-state index contributed by atoms with van der Waals surface area (Å²) >= 11 is 5.81. The van der Waals surface area contributed by atoms with Crippen LogP contribution in [0, 0.1) is 6.92 Å². The van der Waals surface area contributed by atoms with Crippen molar-refractivity contribution < 1.29 is 8.42 Å². The molecule has 126 valence electrons. The third-order valence-corrected chi connectivity index (χ3v) is 5.73. The van der Waals surface area contributed by atoms with Gasteiger partial charge < -0.3 is 0 Å². The van der Waals surface area contributed by atoms with E-state index in [2.05, 4.69) is 4.72 Å². The van der Waals surface area contributed by atoms with E-state index < -0.39 is 10.0 Å². The Labute approximate surface area is 144 Å². The van der Waals surface area contributed by atoms with Crippen molar-refractivity contribution in [2.75, 3.05) is 4.72 Å². The number of sulfonamides is 1. The second-order valence-corrected chi connectivity index (χ2v) is 7.71. The molecule has 0 radical (unpaired) electrons. The number of nitrogens with zero attached hydrogens (tertiary/aromatic N) is 2. The monoisotopic (exact) mass is 365 g/mol. The van der Waals surface area contributed by atoms with Crippen LogP contribution in [0.25, 0.3) is 11.0 Å². The molecule has 3 rings (SSSR count). The molecule has 0 atom stereocenters. The molecule has 0 fully saturated rings. The molecular weight excluding hydrogens is 350 g/mol. The van der Waals surface area contributed by atoms with Crippen LogP contribution in [0.15, 0.2) is 46.1 Å². The van der Waals surface area contributed by atoms with Gasteiger partial charge in [-0.3, -0.25) is 13.9 Å². The highest BCUT2D eigenvalue weighted by atomic mass is 35.5. The minimum Gasteiger partial charge on any atom is -0.295 e. The van der Waals surface area contributed by atoms with Gasteiger partial charge in [0.1, 0.15) is 0 Å². The van der Waals surface area contributed by atoms with E-state index in [1.165, 1.54) is 15.2 Å². The molecule has 0 aliphatic heterocycles. The van der Waals surface area contributed by atoms with Gasteiger partial charge in [-0.25, -0.2) is 13.2 Å². The van der Waals surface area contributed by atoms with Crippen LogP contribution < -0.4 is 10.4 Å². The summed E-state index contributed by atoms with van der Waals surface area (Å²) in [4.78, 5) is 12.2. The third kappa shape index (κ3) is 2.70. The molecular formula is C16H16ClN3O3S. The highest BCUT2D eigenvalue weighted by molar-refractivity contribution is 7.92. The summed E-state index contributed by atoms with van der Waals surface area (Å²) in [7, 11) is -0.515. The van der Waals surface area contributed by atoms with Crippen molar-refractivity contribution in [1.82, 2.24) is 9.13 Å². The van der Waals surface area contributed by atoms with Gasteiger partial charge in [0.2, 0.25) is 0 Å². The maximum atomic E-state index is 12.7. The standard InChI is InChI=1S/C16H16ClN3O3S/c1-10-8-13-14(20(3)16(21)19(13)2)9-15(10)24(22,23)18-12-6-4-11(17)5-7-12/h4-9,18H,1-3H3. The molecule has 0 aliphatic rings. The second-order valence-electron chi connectivity index (χ2n) is 5.62. The van der Waals surface area contributed by atoms with E-state index >= 15 is 0 Å². The Kier molecular flexibility index (Phi) is 3.93. The first-order chi connectivity index (χ1) is 11.2. The van der Waals surface area contributed by atoms with Crippen LogP contribution in [0.2, 0.25) is 5.02 Å². The maximum Gasteiger partial charge on any atom is 0.328 e. The quantitative estimate of drug-likeness (QED) is 0.775. The lowest BCUT2D eigenvalue weighted by Gasteiger charge is -2.11.